The first-order valence-electron chi connectivity index (χ1n) is 19.3. The van der Waals surface area contributed by atoms with Gasteiger partial charge in [0.15, 0.2) is 0 Å². The van der Waals surface area contributed by atoms with Crippen LogP contribution in [0.5, 0.6) is 0 Å². The van der Waals surface area contributed by atoms with Crippen LogP contribution in [0, 0.1) is 0 Å². The minimum absolute atomic E-state index is 0.0648. The lowest BCUT2D eigenvalue weighted by Crippen LogP contribution is -2.13. The monoisotopic (exact) mass is 726 g/mol. The van der Waals surface area contributed by atoms with E-state index in [4.69, 9.17) is 4.98 Å². The Labute approximate surface area is 329 Å². The zero-order valence-corrected chi connectivity index (χ0v) is 30.9. The second-order valence-corrected chi connectivity index (χ2v) is 14.6. The average molecular weight is 727 g/mol. The number of rotatable bonds is 6. The Morgan fingerprint density at radius 3 is 1.54 bits per heavy atom. The normalized spacial score (nSPS) is 11.6. The number of imidazole rings is 1. The van der Waals surface area contributed by atoms with Crippen molar-refractivity contribution in [3.05, 3.63) is 217 Å². The second kappa shape index (κ2) is 13.3. The van der Waals surface area contributed by atoms with Gasteiger partial charge in [0.2, 0.25) is 0 Å². The first kappa shape index (κ1) is 32.8. The van der Waals surface area contributed by atoms with Gasteiger partial charge in [0.25, 0.3) is 5.56 Å². The molecule has 11 aromatic rings. The van der Waals surface area contributed by atoms with E-state index in [1.54, 1.807) is 0 Å². The fourth-order valence-electron chi connectivity index (χ4n) is 8.86. The number of hydrogen-bond acceptors (Lipinski definition) is 2. The third-order valence-corrected chi connectivity index (χ3v) is 11.4. The number of aromatic nitrogens is 2. The van der Waals surface area contributed by atoms with Crippen LogP contribution in [0.1, 0.15) is 0 Å². The molecule has 3 heteroatoms. The van der Waals surface area contributed by atoms with E-state index in [1.165, 1.54) is 11.1 Å². The molecule has 2 heterocycles. The summed E-state index contributed by atoms with van der Waals surface area (Å²) in [4.78, 5) is 19.9. The molecule has 0 N–H and O–H groups in total. The summed E-state index contributed by atoms with van der Waals surface area (Å²) >= 11 is 0. The van der Waals surface area contributed by atoms with E-state index in [0.717, 1.165) is 82.8 Å². The smallest absolute Gasteiger partial charge is 0.264 e. The molecule has 0 aliphatic heterocycles. The number of hydrogen-bond donors (Lipinski definition) is 0. The van der Waals surface area contributed by atoms with Crippen LogP contribution in [0.25, 0.3) is 105 Å². The van der Waals surface area contributed by atoms with E-state index in [9.17, 15) is 4.79 Å². The maximum atomic E-state index is 14.8. The van der Waals surface area contributed by atoms with E-state index < -0.39 is 0 Å². The van der Waals surface area contributed by atoms with Gasteiger partial charge in [-0.15, -0.1) is 0 Å². The summed E-state index contributed by atoms with van der Waals surface area (Å²) in [5.74, 6) is 0. The third kappa shape index (κ3) is 5.28. The minimum atomic E-state index is -0.0648. The van der Waals surface area contributed by atoms with E-state index >= 15 is 0 Å². The summed E-state index contributed by atoms with van der Waals surface area (Å²) in [6.45, 7) is 0. The topological polar surface area (TPSA) is 34.4 Å². The third-order valence-electron chi connectivity index (χ3n) is 11.4. The predicted molar refractivity (Wildman–Crippen MR) is 238 cm³/mol. The summed E-state index contributed by atoms with van der Waals surface area (Å²) in [7, 11) is 0. The van der Waals surface area contributed by atoms with Crippen molar-refractivity contribution >= 4 is 38.2 Å². The Bertz CT molecular complexity index is 3350. The predicted octanol–water partition coefficient (Wildman–Crippen LogP) is 13.6. The molecule has 0 radical (unpaired) electrons. The van der Waals surface area contributed by atoms with Crippen molar-refractivity contribution in [2.75, 3.05) is 0 Å². The van der Waals surface area contributed by atoms with Crippen molar-refractivity contribution in [3.8, 4) is 66.8 Å². The van der Waals surface area contributed by atoms with Crippen LogP contribution in [0.3, 0.4) is 0 Å². The number of nitrogens with zero attached hydrogens (tertiary/aromatic N) is 2. The van der Waals surface area contributed by atoms with E-state index in [0.29, 0.717) is 11.0 Å². The Morgan fingerprint density at radius 1 is 0.351 bits per heavy atom. The van der Waals surface area contributed by atoms with Crippen LogP contribution in [-0.2, 0) is 0 Å². The summed E-state index contributed by atoms with van der Waals surface area (Å²) in [6, 6.07) is 72.2. The number of benzene rings is 9. The molecule has 3 nitrogen and oxygen atoms in total. The van der Waals surface area contributed by atoms with Gasteiger partial charge in [-0.25, -0.2) is 4.98 Å². The molecule has 0 saturated heterocycles. The quantitative estimate of drug-likeness (QED) is 0.171. The van der Waals surface area contributed by atoms with Gasteiger partial charge in [-0.2, -0.15) is 0 Å². The largest absolute Gasteiger partial charge is 0.268 e. The number of fused-ring (bicyclic) bond motifs is 4. The van der Waals surface area contributed by atoms with Gasteiger partial charge in [0, 0.05) is 16.2 Å². The Balaban J connectivity index is 1.13. The highest BCUT2D eigenvalue weighted by Gasteiger charge is 2.21. The van der Waals surface area contributed by atoms with Crippen LogP contribution in [-0.4, -0.2) is 9.38 Å². The first-order valence-corrected chi connectivity index (χ1v) is 19.3. The van der Waals surface area contributed by atoms with Crippen molar-refractivity contribution in [3.63, 3.8) is 0 Å². The van der Waals surface area contributed by atoms with Crippen molar-refractivity contribution in [1.29, 1.82) is 0 Å². The molecule has 2 aromatic heterocycles. The maximum Gasteiger partial charge on any atom is 0.264 e. The SMILES string of the molecule is O=c1c2ccc(-c3ccccc3-c3ccccc3)c3cccc(c32)c2nc3ccc(-c4cccc(-c5ccccc5-c5ccccc5)c4-c4ccccc4)cc3n12. The van der Waals surface area contributed by atoms with Crippen molar-refractivity contribution in [2.24, 2.45) is 0 Å². The van der Waals surface area contributed by atoms with Crippen LogP contribution < -0.4 is 5.56 Å². The van der Waals surface area contributed by atoms with Crippen LogP contribution in [0.4, 0.5) is 0 Å². The van der Waals surface area contributed by atoms with Gasteiger partial charge in [-0.3, -0.25) is 9.20 Å². The van der Waals surface area contributed by atoms with Gasteiger partial charge >= 0.3 is 0 Å². The first-order chi connectivity index (χ1) is 28.2. The van der Waals surface area contributed by atoms with Gasteiger partial charge in [-0.05, 0) is 90.3 Å². The van der Waals surface area contributed by atoms with Gasteiger partial charge in [-0.1, -0.05) is 188 Å². The van der Waals surface area contributed by atoms with E-state index in [-0.39, 0.29) is 5.56 Å². The maximum absolute atomic E-state index is 14.8. The zero-order chi connectivity index (χ0) is 37.9. The second-order valence-electron chi connectivity index (χ2n) is 14.6. The fraction of sp³-hybridized carbons (Fsp3) is 0. The van der Waals surface area contributed by atoms with Crippen LogP contribution in [0.15, 0.2) is 211 Å². The Morgan fingerprint density at radius 2 is 0.877 bits per heavy atom. The number of pyridine rings is 1. The average Bonchev–Trinajstić information content (AvgIpc) is 3.68. The molecule has 266 valence electrons. The Hall–Kier alpha value is -7.62. The molecule has 9 aromatic carbocycles. The molecule has 57 heavy (non-hydrogen) atoms. The molecule has 0 aliphatic rings. The molecule has 0 bridgehead atoms. The molecule has 11 rings (SSSR count). The van der Waals surface area contributed by atoms with Crippen molar-refractivity contribution in [2.45, 2.75) is 0 Å². The molecule has 0 aliphatic carbocycles. The molecule has 0 atom stereocenters. The molecule has 0 fully saturated rings. The molecule has 0 spiro atoms. The minimum Gasteiger partial charge on any atom is -0.268 e. The van der Waals surface area contributed by atoms with E-state index in [1.807, 2.05) is 16.5 Å². The van der Waals surface area contributed by atoms with Crippen LogP contribution in [0.2, 0.25) is 0 Å². The fourth-order valence-corrected chi connectivity index (χ4v) is 8.86. The van der Waals surface area contributed by atoms with Crippen molar-refractivity contribution in [1.82, 2.24) is 9.38 Å². The summed E-state index contributed by atoms with van der Waals surface area (Å²) in [5.41, 5.74) is 15.8. The lowest BCUT2D eigenvalue weighted by molar-refractivity contribution is 1.19. The lowest BCUT2D eigenvalue weighted by Gasteiger charge is -2.19. The highest BCUT2D eigenvalue weighted by atomic mass is 16.1. The van der Waals surface area contributed by atoms with Gasteiger partial charge < -0.3 is 0 Å². The standard InChI is InChI=1S/C54H34N2O/c57-54-48-32-31-44(42-24-12-10-22-39(42)35-16-4-1-5-17-35)46-28-15-29-47(52(46)48)53-55-49-33-30-38(34-50(49)56(53)54)41-26-14-27-45(51(41)37-20-8-3-9-21-37)43-25-13-11-23-40(43)36-18-6-2-7-19-36/h1-34H. The van der Waals surface area contributed by atoms with Crippen LogP contribution >= 0.6 is 0 Å². The van der Waals surface area contributed by atoms with Gasteiger partial charge in [0.05, 0.1) is 11.0 Å². The highest BCUT2D eigenvalue weighted by Crippen LogP contribution is 2.44. The molecule has 0 unspecified atom stereocenters. The zero-order valence-electron chi connectivity index (χ0n) is 30.9. The molecular formula is C54H34N2O. The summed E-state index contributed by atoms with van der Waals surface area (Å²) in [6.07, 6.45) is 0. The van der Waals surface area contributed by atoms with E-state index in [2.05, 4.69) is 194 Å². The summed E-state index contributed by atoms with van der Waals surface area (Å²) in [5, 5.41) is 3.63. The highest BCUT2D eigenvalue weighted by molar-refractivity contribution is 6.19. The summed E-state index contributed by atoms with van der Waals surface area (Å²) < 4.78 is 1.82. The molecule has 0 amide bonds. The Kier molecular flexibility index (Phi) is 7.65. The van der Waals surface area contributed by atoms with Gasteiger partial charge in [0.1, 0.15) is 5.65 Å². The lowest BCUT2D eigenvalue weighted by atomic mass is 9.85. The van der Waals surface area contributed by atoms with Crippen molar-refractivity contribution < 1.29 is 0 Å². The molecular weight excluding hydrogens is 693 g/mol. The molecule has 0 saturated carbocycles.